The van der Waals surface area contributed by atoms with Crippen LogP contribution in [0.1, 0.15) is 25.1 Å². The summed E-state index contributed by atoms with van der Waals surface area (Å²) in [6.45, 7) is 6.21. The number of alkyl halides is 3. The average molecular weight is 503 g/mol. The molecule has 0 amide bonds. The molecule has 0 aliphatic rings. The minimum Gasteiger partial charge on any atom is -0.423 e. The van der Waals surface area contributed by atoms with E-state index in [0.717, 1.165) is 25.6 Å². The van der Waals surface area contributed by atoms with Gasteiger partial charge in [0.05, 0.1) is 17.5 Å². The highest BCUT2D eigenvalue weighted by atomic mass is 19.4. The molecule has 0 aliphatic carbocycles. The molecular weight excluding hydrogens is 485 g/mol. The summed E-state index contributed by atoms with van der Waals surface area (Å²) in [5.74, 6) is -2.31. The molecule has 12 heteroatoms. The lowest BCUT2D eigenvalue weighted by molar-refractivity contribution is -0.142. The predicted octanol–water partition coefficient (Wildman–Crippen LogP) is 6.88. The quantitative estimate of drug-likeness (QED) is 0.202. The van der Waals surface area contributed by atoms with E-state index in [4.69, 9.17) is 8.94 Å². The Morgan fingerprint density at radius 2 is 2.00 bits per heavy atom. The second kappa shape index (κ2) is 9.72. The molecule has 0 unspecified atom stereocenters. The van der Waals surface area contributed by atoms with E-state index < -0.39 is 40.5 Å². The molecule has 0 saturated heterocycles. The zero-order valence-electron chi connectivity index (χ0n) is 19.0. The van der Waals surface area contributed by atoms with Crippen molar-refractivity contribution in [2.75, 3.05) is 0 Å². The summed E-state index contributed by atoms with van der Waals surface area (Å²) in [5, 5.41) is 15.0. The summed E-state index contributed by atoms with van der Waals surface area (Å²) in [5.41, 5.74) is -2.18. The summed E-state index contributed by atoms with van der Waals surface area (Å²) in [6.07, 6.45) is 0.812. The Bertz CT molecular complexity index is 1460. The first-order chi connectivity index (χ1) is 17.2. The smallest absolute Gasteiger partial charge is 0.423 e. The van der Waals surface area contributed by atoms with Crippen molar-refractivity contribution in [1.29, 1.82) is 0 Å². The molecule has 4 aromatic rings. The second-order valence-electron chi connectivity index (χ2n) is 7.44. The molecule has 36 heavy (non-hydrogen) atoms. The number of hydrogen-bond donors (Lipinski definition) is 0. The van der Waals surface area contributed by atoms with Crippen LogP contribution in [0.15, 0.2) is 70.4 Å². The molecule has 0 atom stereocenters. The summed E-state index contributed by atoms with van der Waals surface area (Å²) < 4.78 is 83.2. The summed E-state index contributed by atoms with van der Waals surface area (Å²) in [7, 11) is 0. The maximum absolute atomic E-state index is 14.9. The van der Waals surface area contributed by atoms with E-state index in [0.29, 0.717) is 16.7 Å². The molecule has 7 nitrogen and oxygen atoms in total. The number of aromatic nitrogens is 5. The van der Waals surface area contributed by atoms with Gasteiger partial charge in [0.15, 0.2) is 11.5 Å². The highest BCUT2D eigenvalue weighted by Crippen LogP contribution is 2.45. The van der Waals surface area contributed by atoms with Gasteiger partial charge < -0.3 is 8.94 Å². The van der Waals surface area contributed by atoms with Crippen molar-refractivity contribution in [3.05, 3.63) is 78.5 Å². The third-order valence-corrected chi connectivity index (χ3v) is 5.24. The Hall–Kier alpha value is -4.35. The van der Waals surface area contributed by atoms with Crippen LogP contribution in [0.3, 0.4) is 0 Å². The zero-order chi connectivity index (χ0) is 26.0. The minimum absolute atomic E-state index is 0.0123. The number of allylic oxidation sites excluding steroid dienone is 5. The van der Waals surface area contributed by atoms with Gasteiger partial charge in [0.1, 0.15) is 22.9 Å². The van der Waals surface area contributed by atoms with Gasteiger partial charge in [-0.2, -0.15) is 18.3 Å². The van der Waals surface area contributed by atoms with Gasteiger partial charge in [0, 0.05) is 5.56 Å². The van der Waals surface area contributed by atoms with Gasteiger partial charge in [-0.1, -0.05) is 42.9 Å². The maximum Gasteiger partial charge on any atom is 0.434 e. The Labute approximate surface area is 201 Å². The Kier molecular flexibility index (Phi) is 6.69. The zero-order valence-corrected chi connectivity index (χ0v) is 19.0. The van der Waals surface area contributed by atoms with Gasteiger partial charge in [-0.15, -0.1) is 10.2 Å². The lowest BCUT2D eigenvalue weighted by Gasteiger charge is -2.13. The second-order valence-corrected chi connectivity index (χ2v) is 7.44. The van der Waals surface area contributed by atoms with Crippen molar-refractivity contribution < 1.29 is 30.9 Å². The molecule has 3 aromatic heterocycles. The number of aryl methyl sites for hydroxylation is 1. The fraction of sp³-hybridized carbons (Fsp3) is 0.167. The van der Waals surface area contributed by atoms with E-state index in [1.165, 1.54) is 24.3 Å². The van der Waals surface area contributed by atoms with E-state index in [1.54, 1.807) is 13.0 Å². The van der Waals surface area contributed by atoms with E-state index in [9.17, 15) is 22.0 Å². The molecule has 0 aliphatic heterocycles. The van der Waals surface area contributed by atoms with Crippen LogP contribution in [0.4, 0.5) is 22.0 Å². The van der Waals surface area contributed by atoms with Gasteiger partial charge in [0.25, 0.3) is 5.89 Å². The number of rotatable bonds is 7. The number of nitrogens with zero attached hydrogens (tertiary/aromatic N) is 5. The fourth-order valence-electron chi connectivity index (χ4n) is 3.71. The average Bonchev–Trinajstić information content (AvgIpc) is 3.57. The largest absolute Gasteiger partial charge is 0.434 e. The van der Waals surface area contributed by atoms with Crippen molar-refractivity contribution in [3.8, 4) is 34.0 Å². The molecular formula is C24H18F5N5O2. The van der Waals surface area contributed by atoms with Crippen molar-refractivity contribution in [2.45, 2.75) is 26.4 Å². The van der Waals surface area contributed by atoms with Crippen LogP contribution < -0.4 is 0 Å². The molecule has 0 saturated carbocycles. The minimum atomic E-state index is -5.01. The lowest BCUT2D eigenvalue weighted by Crippen LogP contribution is -2.15. The van der Waals surface area contributed by atoms with Crippen LogP contribution in [-0.4, -0.2) is 25.1 Å². The van der Waals surface area contributed by atoms with Gasteiger partial charge in [-0.3, -0.25) is 0 Å². The predicted molar refractivity (Wildman–Crippen MR) is 120 cm³/mol. The number of benzene rings is 1. The molecule has 3 heterocycles. The van der Waals surface area contributed by atoms with Crippen LogP contribution in [0.2, 0.25) is 0 Å². The van der Waals surface area contributed by atoms with Crippen LogP contribution in [0, 0.1) is 5.82 Å². The molecule has 0 N–H and O–H groups in total. The first-order valence-corrected chi connectivity index (χ1v) is 10.5. The topological polar surface area (TPSA) is 82.8 Å². The molecule has 0 radical (unpaired) electrons. The van der Waals surface area contributed by atoms with Crippen molar-refractivity contribution in [1.82, 2.24) is 25.1 Å². The third-order valence-electron chi connectivity index (χ3n) is 5.24. The van der Waals surface area contributed by atoms with Crippen LogP contribution in [-0.2, 0) is 12.6 Å². The van der Waals surface area contributed by atoms with Crippen molar-refractivity contribution in [3.63, 3.8) is 0 Å². The monoisotopic (exact) mass is 503 g/mol. The normalized spacial score (nSPS) is 12.9. The van der Waals surface area contributed by atoms with Gasteiger partial charge in [-0.05, 0) is 31.1 Å². The highest BCUT2D eigenvalue weighted by Gasteiger charge is 2.42. The van der Waals surface area contributed by atoms with Gasteiger partial charge in [-0.25, -0.2) is 13.5 Å². The van der Waals surface area contributed by atoms with Crippen LogP contribution in [0.25, 0.3) is 39.7 Å². The summed E-state index contributed by atoms with van der Waals surface area (Å²) >= 11 is 0. The molecule has 0 bridgehead atoms. The fourth-order valence-corrected chi connectivity index (χ4v) is 3.71. The van der Waals surface area contributed by atoms with Crippen LogP contribution >= 0.6 is 0 Å². The maximum atomic E-state index is 14.9. The molecule has 0 spiro atoms. The lowest BCUT2D eigenvalue weighted by atomic mass is 9.97. The van der Waals surface area contributed by atoms with E-state index in [-0.39, 0.29) is 22.7 Å². The standard InChI is InChI=1S/C24H18F5N5O2/c1-4-6-10-17(13(3)25)34-22(24(27,28)29)15(11-31-34)21-19(23-32-30-12-35-23)20(33-36-21)18-14(5-2)8-7-9-16(18)26/h4,6-12H,1,5H2,2-3H3/b10-6-,17-13-. The molecule has 1 aromatic carbocycles. The molecule has 4 rings (SSSR count). The molecule has 186 valence electrons. The Balaban J connectivity index is 2.05. The van der Waals surface area contributed by atoms with E-state index in [2.05, 4.69) is 27.0 Å². The van der Waals surface area contributed by atoms with Gasteiger partial charge >= 0.3 is 6.18 Å². The SMILES string of the molecule is C=C/C=C\C(=C(/C)F)n1ncc(-c2onc(-c3c(F)cccc3CC)c2-c2nnco2)c1C(F)(F)F. The van der Waals surface area contributed by atoms with Crippen LogP contribution in [0.5, 0.6) is 0 Å². The number of hydrogen-bond acceptors (Lipinski definition) is 6. The Morgan fingerprint density at radius 3 is 2.61 bits per heavy atom. The van der Waals surface area contributed by atoms with Crippen molar-refractivity contribution >= 4 is 5.70 Å². The first kappa shape index (κ1) is 24.8. The highest BCUT2D eigenvalue weighted by molar-refractivity contribution is 5.89. The third kappa shape index (κ3) is 4.37. The Morgan fingerprint density at radius 1 is 1.22 bits per heavy atom. The number of halogens is 5. The van der Waals surface area contributed by atoms with E-state index >= 15 is 0 Å². The summed E-state index contributed by atoms with van der Waals surface area (Å²) in [4.78, 5) is 0. The van der Waals surface area contributed by atoms with E-state index in [1.807, 2.05) is 0 Å². The summed E-state index contributed by atoms with van der Waals surface area (Å²) in [6, 6.07) is 4.34. The first-order valence-electron chi connectivity index (χ1n) is 10.5. The van der Waals surface area contributed by atoms with Crippen molar-refractivity contribution in [2.24, 2.45) is 0 Å². The molecule has 0 fully saturated rings. The van der Waals surface area contributed by atoms with Gasteiger partial charge in [0.2, 0.25) is 6.39 Å².